The van der Waals surface area contributed by atoms with E-state index in [-0.39, 0.29) is 6.42 Å². The molecular formula is C19H28N2O6. The summed E-state index contributed by atoms with van der Waals surface area (Å²) in [5.74, 6) is -1.29. The maximum absolute atomic E-state index is 12.6. The van der Waals surface area contributed by atoms with Crippen LogP contribution in [0.15, 0.2) is 30.3 Å². The van der Waals surface area contributed by atoms with Crippen molar-refractivity contribution in [2.45, 2.75) is 65.2 Å². The molecular weight excluding hydrogens is 352 g/mol. The van der Waals surface area contributed by atoms with Gasteiger partial charge in [-0.25, -0.2) is 24.8 Å². The van der Waals surface area contributed by atoms with E-state index in [1.165, 1.54) is 0 Å². The summed E-state index contributed by atoms with van der Waals surface area (Å²) < 4.78 is 10.4. The molecule has 0 aliphatic rings. The summed E-state index contributed by atoms with van der Waals surface area (Å²) in [6.07, 6.45) is -1.96. The molecule has 0 bridgehead atoms. The van der Waals surface area contributed by atoms with Crippen LogP contribution in [0.25, 0.3) is 0 Å². The second-order valence-corrected chi connectivity index (χ2v) is 8.01. The lowest BCUT2D eigenvalue weighted by molar-refractivity contribution is -0.144. The molecule has 0 saturated heterocycles. The summed E-state index contributed by atoms with van der Waals surface area (Å²) in [4.78, 5) is 36.5. The lowest BCUT2D eigenvalue weighted by Crippen LogP contribution is -2.57. The van der Waals surface area contributed by atoms with Gasteiger partial charge in [0.2, 0.25) is 0 Å². The highest BCUT2D eigenvalue weighted by atomic mass is 16.6. The van der Waals surface area contributed by atoms with Crippen LogP contribution in [0.2, 0.25) is 0 Å². The summed E-state index contributed by atoms with van der Waals surface area (Å²) in [7, 11) is 0. The predicted molar refractivity (Wildman–Crippen MR) is 99.0 cm³/mol. The first-order valence-electron chi connectivity index (χ1n) is 8.57. The number of hydrogen-bond acceptors (Lipinski definition) is 5. The molecule has 0 spiro atoms. The van der Waals surface area contributed by atoms with E-state index in [4.69, 9.17) is 9.47 Å². The lowest BCUT2D eigenvalue weighted by Gasteiger charge is -2.32. The van der Waals surface area contributed by atoms with Gasteiger partial charge < -0.3 is 14.6 Å². The van der Waals surface area contributed by atoms with Crippen LogP contribution in [0.1, 0.15) is 47.1 Å². The van der Waals surface area contributed by atoms with Crippen molar-refractivity contribution >= 4 is 18.2 Å². The highest BCUT2D eigenvalue weighted by molar-refractivity contribution is 5.82. The fourth-order valence-corrected chi connectivity index (χ4v) is 2.09. The number of rotatable bonds is 4. The molecule has 1 rings (SSSR count). The number of hydrogen-bond donors (Lipinski definition) is 2. The normalized spacial score (nSPS) is 12.7. The number of carboxylic acid groups (broad SMARTS) is 1. The second-order valence-electron chi connectivity index (χ2n) is 8.01. The van der Waals surface area contributed by atoms with Gasteiger partial charge in [0.25, 0.3) is 0 Å². The number of amides is 2. The molecule has 0 radical (unpaired) electrons. The highest BCUT2D eigenvalue weighted by Crippen LogP contribution is 2.15. The van der Waals surface area contributed by atoms with Gasteiger partial charge in [-0.2, -0.15) is 0 Å². The Morgan fingerprint density at radius 1 is 1.00 bits per heavy atom. The van der Waals surface area contributed by atoms with Crippen molar-refractivity contribution in [1.82, 2.24) is 10.4 Å². The first kappa shape index (κ1) is 22.3. The third kappa shape index (κ3) is 8.44. The van der Waals surface area contributed by atoms with Crippen molar-refractivity contribution in [2.75, 3.05) is 0 Å². The molecule has 0 fully saturated rings. The van der Waals surface area contributed by atoms with Crippen LogP contribution in [0.3, 0.4) is 0 Å². The molecule has 0 aromatic heterocycles. The molecule has 1 atom stereocenters. The van der Waals surface area contributed by atoms with Gasteiger partial charge in [0.05, 0.1) is 0 Å². The molecule has 8 nitrogen and oxygen atoms in total. The van der Waals surface area contributed by atoms with Crippen LogP contribution in [0.5, 0.6) is 0 Å². The number of ether oxygens (including phenoxy) is 2. The van der Waals surface area contributed by atoms with Gasteiger partial charge in [0.1, 0.15) is 11.2 Å². The number of benzene rings is 1. The van der Waals surface area contributed by atoms with Gasteiger partial charge in [0.15, 0.2) is 6.04 Å². The number of nitrogens with zero attached hydrogens (tertiary/aromatic N) is 1. The minimum absolute atomic E-state index is 0.0226. The van der Waals surface area contributed by atoms with E-state index >= 15 is 0 Å². The number of aliphatic carboxylic acids is 1. The Morgan fingerprint density at radius 2 is 1.52 bits per heavy atom. The van der Waals surface area contributed by atoms with Gasteiger partial charge in [-0.1, -0.05) is 30.3 Å². The number of hydrazine groups is 1. The van der Waals surface area contributed by atoms with E-state index in [0.29, 0.717) is 10.6 Å². The van der Waals surface area contributed by atoms with E-state index in [2.05, 4.69) is 5.43 Å². The van der Waals surface area contributed by atoms with E-state index < -0.39 is 35.4 Å². The summed E-state index contributed by atoms with van der Waals surface area (Å²) in [5.41, 5.74) is 1.21. The lowest BCUT2D eigenvalue weighted by atomic mass is 10.1. The van der Waals surface area contributed by atoms with Crippen LogP contribution in [-0.2, 0) is 20.7 Å². The van der Waals surface area contributed by atoms with Crippen molar-refractivity contribution in [2.24, 2.45) is 0 Å². The van der Waals surface area contributed by atoms with Gasteiger partial charge >= 0.3 is 18.2 Å². The Bertz CT molecular complexity index is 661. The Kier molecular flexibility index (Phi) is 7.21. The zero-order valence-corrected chi connectivity index (χ0v) is 16.6. The third-order valence-corrected chi connectivity index (χ3v) is 3.07. The highest BCUT2D eigenvalue weighted by Gasteiger charge is 2.35. The quantitative estimate of drug-likeness (QED) is 0.776. The summed E-state index contributed by atoms with van der Waals surface area (Å²) in [5, 5.41) is 10.3. The smallest absolute Gasteiger partial charge is 0.430 e. The first-order valence-corrected chi connectivity index (χ1v) is 8.57. The standard InChI is InChI=1S/C19H28N2O6/c1-18(2,3)26-16(24)20-21(17(25)27-19(4,5)6)14(15(22)23)12-13-10-8-7-9-11-13/h7-11,14H,12H2,1-6H3,(H,20,24)(H,22,23)/t14-/m0/s1. The van der Waals surface area contributed by atoms with Crippen molar-refractivity contribution in [3.05, 3.63) is 35.9 Å². The van der Waals surface area contributed by atoms with Crippen molar-refractivity contribution in [3.8, 4) is 0 Å². The van der Waals surface area contributed by atoms with Crippen molar-refractivity contribution in [1.29, 1.82) is 0 Å². The van der Waals surface area contributed by atoms with E-state index in [0.717, 1.165) is 0 Å². The minimum Gasteiger partial charge on any atom is -0.480 e. The molecule has 0 aliphatic heterocycles. The average molecular weight is 380 g/mol. The Hall–Kier alpha value is -2.77. The number of carboxylic acids is 1. The van der Waals surface area contributed by atoms with Gasteiger partial charge in [-0.3, -0.25) is 0 Å². The molecule has 1 aromatic carbocycles. The van der Waals surface area contributed by atoms with Gasteiger partial charge in [0, 0.05) is 6.42 Å². The minimum atomic E-state index is -1.38. The van der Waals surface area contributed by atoms with Crippen molar-refractivity contribution in [3.63, 3.8) is 0 Å². The predicted octanol–water partition coefficient (Wildman–Crippen LogP) is 3.36. The largest absolute Gasteiger partial charge is 0.480 e. The molecule has 0 heterocycles. The monoisotopic (exact) mass is 380 g/mol. The van der Waals surface area contributed by atoms with E-state index in [1.807, 2.05) is 0 Å². The fraction of sp³-hybridized carbons (Fsp3) is 0.526. The summed E-state index contributed by atoms with van der Waals surface area (Å²) in [6.45, 7) is 9.89. The number of nitrogens with one attached hydrogen (secondary N) is 1. The Morgan fingerprint density at radius 3 is 1.96 bits per heavy atom. The maximum Gasteiger partial charge on any atom is 0.430 e. The fourth-order valence-electron chi connectivity index (χ4n) is 2.09. The maximum atomic E-state index is 12.6. The Labute approximate surface area is 159 Å². The van der Waals surface area contributed by atoms with E-state index in [1.54, 1.807) is 71.9 Å². The molecule has 2 N–H and O–H groups in total. The SMILES string of the molecule is CC(C)(C)OC(=O)NN(C(=O)OC(C)(C)C)[C@@H](Cc1ccccc1)C(=O)O. The zero-order chi connectivity index (χ0) is 20.8. The number of carbonyl (C=O) groups is 3. The Balaban J connectivity index is 3.12. The van der Waals surface area contributed by atoms with E-state index in [9.17, 15) is 19.5 Å². The zero-order valence-electron chi connectivity index (χ0n) is 16.6. The van der Waals surface area contributed by atoms with Crippen LogP contribution in [0.4, 0.5) is 9.59 Å². The molecule has 8 heteroatoms. The second kappa shape index (κ2) is 8.75. The first-order chi connectivity index (χ1) is 12.3. The van der Waals surface area contributed by atoms with Crippen LogP contribution < -0.4 is 5.43 Å². The van der Waals surface area contributed by atoms with Crippen LogP contribution in [-0.4, -0.2) is 45.5 Å². The molecule has 2 amide bonds. The summed E-state index contributed by atoms with van der Waals surface area (Å²) >= 11 is 0. The molecule has 150 valence electrons. The molecule has 0 aliphatic carbocycles. The van der Waals surface area contributed by atoms with Gasteiger partial charge in [-0.15, -0.1) is 0 Å². The average Bonchev–Trinajstić information content (AvgIpc) is 2.48. The van der Waals surface area contributed by atoms with Gasteiger partial charge in [-0.05, 0) is 47.1 Å². The molecule has 0 saturated carbocycles. The molecule has 1 aromatic rings. The van der Waals surface area contributed by atoms with Crippen molar-refractivity contribution < 1.29 is 29.0 Å². The van der Waals surface area contributed by atoms with Crippen LogP contribution in [0, 0.1) is 0 Å². The van der Waals surface area contributed by atoms with Crippen LogP contribution >= 0.6 is 0 Å². The molecule has 27 heavy (non-hydrogen) atoms. The third-order valence-electron chi connectivity index (χ3n) is 3.07. The summed E-state index contributed by atoms with van der Waals surface area (Å²) in [6, 6.07) is 7.40. The molecule has 0 unspecified atom stereocenters. The topological polar surface area (TPSA) is 105 Å². The number of carbonyl (C=O) groups excluding carboxylic acids is 2.